The van der Waals surface area contributed by atoms with Gasteiger partial charge in [-0.15, -0.1) is 11.8 Å². The molecule has 25 heavy (non-hydrogen) atoms. The molecular weight excluding hydrogens is 400 g/mol. The van der Waals surface area contributed by atoms with Gasteiger partial charge in [-0.1, -0.05) is 22.5 Å². The van der Waals surface area contributed by atoms with E-state index >= 15 is 0 Å². The molecule has 2 fully saturated rings. The molecule has 2 aliphatic heterocycles. The van der Waals surface area contributed by atoms with Crippen molar-refractivity contribution in [1.29, 1.82) is 0 Å². The molecule has 134 valence electrons. The molecule has 0 radical (unpaired) electrons. The molecule has 2 heterocycles. The lowest BCUT2D eigenvalue weighted by Gasteiger charge is -2.33. The Balaban J connectivity index is 1.54. The number of hydrogen-bond donors (Lipinski definition) is 0. The molecule has 0 N–H and O–H groups in total. The number of carbonyl (C=O) groups is 2. The van der Waals surface area contributed by atoms with Crippen LogP contribution in [-0.2, 0) is 9.59 Å². The van der Waals surface area contributed by atoms with Crippen molar-refractivity contribution >= 4 is 39.5 Å². The summed E-state index contributed by atoms with van der Waals surface area (Å²) in [5.41, 5.74) is 0. The van der Waals surface area contributed by atoms with Crippen LogP contribution in [0.1, 0.15) is 19.3 Å². The van der Waals surface area contributed by atoms with E-state index in [1.807, 2.05) is 28.8 Å². The van der Waals surface area contributed by atoms with Gasteiger partial charge in [-0.3, -0.25) is 9.59 Å². The minimum atomic E-state index is -0.0670. The monoisotopic (exact) mass is 422 g/mol. The zero-order valence-electron chi connectivity index (χ0n) is 14.2. The molecule has 0 bridgehead atoms. The average molecular weight is 423 g/mol. The Morgan fingerprint density at radius 2 is 1.88 bits per heavy atom. The maximum absolute atomic E-state index is 12.8. The van der Waals surface area contributed by atoms with E-state index in [1.165, 1.54) is 11.0 Å². The van der Waals surface area contributed by atoms with Crippen LogP contribution < -0.4 is 0 Å². The first-order valence-corrected chi connectivity index (χ1v) is 10.4. The molecule has 3 rings (SSSR count). The summed E-state index contributed by atoms with van der Waals surface area (Å²) in [5, 5.41) is 0.444. The lowest BCUT2D eigenvalue weighted by Crippen LogP contribution is -2.45. The van der Waals surface area contributed by atoms with Gasteiger partial charge in [0.15, 0.2) is 0 Å². The number of halogens is 1. The van der Waals surface area contributed by atoms with Crippen LogP contribution in [0.5, 0.6) is 0 Å². The molecule has 2 aliphatic rings. The Hall–Kier alpha value is -1.27. The molecule has 2 amide bonds. The van der Waals surface area contributed by atoms with Gasteiger partial charge in [-0.05, 0) is 49.6 Å². The summed E-state index contributed by atoms with van der Waals surface area (Å²) in [6.07, 6.45) is 4.13. The average Bonchev–Trinajstić information content (AvgIpc) is 3.11. The number of thioether (sulfide) groups is 1. The fourth-order valence-electron chi connectivity index (χ4n) is 3.50. The van der Waals surface area contributed by atoms with Crippen molar-refractivity contribution in [3.05, 3.63) is 41.4 Å². The van der Waals surface area contributed by atoms with E-state index < -0.39 is 0 Å². The van der Waals surface area contributed by atoms with Crippen LogP contribution in [-0.4, -0.2) is 53.0 Å². The van der Waals surface area contributed by atoms with Gasteiger partial charge in [0, 0.05) is 40.8 Å². The molecule has 2 saturated heterocycles. The topological polar surface area (TPSA) is 40.6 Å². The molecule has 0 saturated carbocycles. The molecule has 1 aromatic carbocycles. The van der Waals surface area contributed by atoms with Gasteiger partial charge in [0.25, 0.3) is 0 Å². The Kier molecular flexibility index (Phi) is 6.23. The van der Waals surface area contributed by atoms with Crippen LogP contribution in [0.3, 0.4) is 0 Å². The van der Waals surface area contributed by atoms with Crippen LogP contribution in [0.2, 0.25) is 0 Å². The zero-order chi connectivity index (χ0) is 17.8. The highest BCUT2D eigenvalue weighted by Gasteiger charge is 2.34. The van der Waals surface area contributed by atoms with Crippen LogP contribution >= 0.6 is 27.7 Å². The minimum Gasteiger partial charge on any atom is -0.341 e. The lowest BCUT2D eigenvalue weighted by molar-refractivity contribution is -0.138. The first-order valence-electron chi connectivity index (χ1n) is 8.69. The van der Waals surface area contributed by atoms with Crippen LogP contribution in [0.15, 0.2) is 46.3 Å². The number of rotatable bonds is 4. The lowest BCUT2D eigenvalue weighted by atomic mass is 9.96. The highest BCUT2D eigenvalue weighted by Crippen LogP contribution is 2.32. The van der Waals surface area contributed by atoms with Gasteiger partial charge in [0.1, 0.15) is 0 Å². The first kappa shape index (κ1) is 18.5. The van der Waals surface area contributed by atoms with E-state index in [2.05, 4.69) is 34.6 Å². The first-order chi connectivity index (χ1) is 12.1. The molecule has 4 nitrogen and oxygen atoms in total. The van der Waals surface area contributed by atoms with Crippen molar-refractivity contribution in [3.63, 3.8) is 0 Å². The standard InChI is InChI=1S/C19H23BrN2O2S/c1-2-18(23)21-10-3-4-14(12-21)19(24)22-11-9-17(13-22)25-16-7-5-15(20)6-8-16/h2,5-8,14,17H,1,3-4,9-13H2. The van der Waals surface area contributed by atoms with Crippen molar-refractivity contribution in [2.45, 2.75) is 29.4 Å². The summed E-state index contributed by atoms with van der Waals surface area (Å²) in [6, 6.07) is 8.32. The third kappa shape index (κ3) is 4.67. The number of nitrogens with zero attached hydrogens (tertiary/aromatic N) is 2. The number of hydrogen-bond acceptors (Lipinski definition) is 3. The Morgan fingerprint density at radius 3 is 2.60 bits per heavy atom. The number of carbonyl (C=O) groups excluding carboxylic acids is 2. The van der Waals surface area contributed by atoms with Gasteiger partial charge < -0.3 is 9.80 Å². The SMILES string of the molecule is C=CC(=O)N1CCCC(C(=O)N2CCC(Sc3ccc(Br)cc3)C2)C1. The van der Waals surface area contributed by atoms with Gasteiger partial charge in [0.05, 0.1) is 5.92 Å². The number of amides is 2. The quantitative estimate of drug-likeness (QED) is 0.696. The van der Waals surface area contributed by atoms with E-state index in [1.54, 1.807) is 4.90 Å². The van der Waals surface area contributed by atoms with Crippen LogP contribution in [0, 0.1) is 5.92 Å². The summed E-state index contributed by atoms with van der Waals surface area (Å²) >= 11 is 5.30. The Morgan fingerprint density at radius 1 is 1.12 bits per heavy atom. The van der Waals surface area contributed by atoms with Gasteiger partial charge in [0.2, 0.25) is 11.8 Å². The summed E-state index contributed by atoms with van der Waals surface area (Å²) < 4.78 is 1.08. The number of piperidine rings is 1. The van der Waals surface area contributed by atoms with Crippen LogP contribution in [0.25, 0.3) is 0 Å². The van der Waals surface area contributed by atoms with Crippen molar-refractivity contribution in [2.24, 2.45) is 5.92 Å². The summed E-state index contributed by atoms with van der Waals surface area (Å²) in [6.45, 7) is 6.43. The van der Waals surface area contributed by atoms with E-state index in [4.69, 9.17) is 0 Å². The second-order valence-electron chi connectivity index (χ2n) is 6.59. The Bertz CT molecular complexity index is 649. The van der Waals surface area contributed by atoms with Gasteiger partial charge in [-0.2, -0.15) is 0 Å². The fourth-order valence-corrected chi connectivity index (χ4v) is 4.92. The molecule has 1 aromatic rings. The second kappa shape index (κ2) is 8.41. The molecular formula is C19H23BrN2O2S. The maximum atomic E-state index is 12.8. The number of likely N-dealkylation sites (tertiary alicyclic amines) is 2. The third-order valence-corrected chi connectivity index (χ3v) is 6.62. The molecule has 6 heteroatoms. The van der Waals surface area contributed by atoms with Gasteiger partial charge in [-0.25, -0.2) is 0 Å². The van der Waals surface area contributed by atoms with E-state index in [0.717, 1.165) is 43.4 Å². The van der Waals surface area contributed by atoms with E-state index in [-0.39, 0.29) is 17.7 Å². The second-order valence-corrected chi connectivity index (χ2v) is 8.88. The van der Waals surface area contributed by atoms with E-state index in [9.17, 15) is 9.59 Å². The predicted molar refractivity (Wildman–Crippen MR) is 104 cm³/mol. The Labute approximate surface area is 161 Å². The van der Waals surface area contributed by atoms with Crippen molar-refractivity contribution in [1.82, 2.24) is 9.80 Å². The summed E-state index contributed by atoms with van der Waals surface area (Å²) in [5.74, 6) is 0.0807. The van der Waals surface area contributed by atoms with Crippen LogP contribution in [0.4, 0.5) is 0 Å². The molecule has 2 unspecified atom stereocenters. The molecule has 0 aromatic heterocycles. The smallest absolute Gasteiger partial charge is 0.245 e. The van der Waals surface area contributed by atoms with Gasteiger partial charge >= 0.3 is 0 Å². The summed E-state index contributed by atoms with van der Waals surface area (Å²) in [4.78, 5) is 29.6. The summed E-state index contributed by atoms with van der Waals surface area (Å²) in [7, 11) is 0. The van der Waals surface area contributed by atoms with Crippen molar-refractivity contribution in [2.75, 3.05) is 26.2 Å². The zero-order valence-corrected chi connectivity index (χ0v) is 16.6. The minimum absolute atomic E-state index is 0.0610. The maximum Gasteiger partial charge on any atom is 0.245 e. The molecule has 0 aliphatic carbocycles. The normalized spacial score (nSPS) is 23.6. The van der Waals surface area contributed by atoms with E-state index in [0.29, 0.717) is 11.8 Å². The highest BCUT2D eigenvalue weighted by atomic mass is 79.9. The number of benzene rings is 1. The van der Waals surface area contributed by atoms with Crippen molar-refractivity contribution < 1.29 is 9.59 Å². The highest BCUT2D eigenvalue weighted by molar-refractivity contribution is 9.10. The predicted octanol–water partition coefficient (Wildman–Crippen LogP) is 3.57. The van der Waals surface area contributed by atoms with Crippen molar-refractivity contribution in [3.8, 4) is 0 Å². The molecule has 2 atom stereocenters. The largest absolute Gasteiger partial charge is 0.341 e. The molecule has 0 spiro atoms. The fraction of sp³-hybridized carbons (Fsp3) is 0.474. The third-order valence-electron chi connectivity index (χ3n) is 4.83.